The number of aliphatic carboxylic acids is 1. The lowest BCUT2D eigenvalue weighted by Crippen LogP contribution is -2.16. The highest BCUT2D eigenvalue weighted by Crippen LogP contribution is 2.34. The SMILES string of the molecule is O=C(O)CC1CCCc2c1cnn2Cc1ccccc1F. The Balaban J connectivity index is 1.87. The van der Waals surface area contributed by atoms with Gasteiger partial charge in [0, 0.05) is 11.3 Å². The largest absolute Gasteiger partial charge is 0.481 e. The third-order valence-electron chi connectivity index (χ3n) is 4.09. The Morgan fingerprint density at radius 1 is 1.43 bits per heavy atom. The molecule has 1 N–H and O–H groups in total. The van der Waals surface area contributed by atoms with E-state index >= 15 is 0 Å². The Kier molecular flexibility index (Phi) is 3.73. The van der Waals surface area contributed by atoms with Crippen molar-refractivity contribution in [3.63, 3.8) is 0 Å². The number of fused-ring (bicyclic) bond motifs is 1. The van der Waals surface area contributed by atoms with Crippen LogP contribution >= 0.6 is 0 Å². The van der Waals surface area contributed by atoms with Gasteiger partial charge >= 0.3 is 5.97 Å². The summed E-state index contributed by atoms with van der Waals surface area (Å²) in [7, 11) is 0. The maximum Gasteiger partial charge on any atom is 0.303 e. The second-order valence-electron chi connectivity index (χ2n) is 5.48. The van der Waals surface area contributed by atoms with E-state index in [2.05, 4.69) is 5.10 Å². The molecule has 0 amide bonds. The molecule has 21 heavy (non-hydrogen) atoms. The molecule has 1 aromatic carbocycles. The van der Waals surface area contributed by atoms with Crippen LogP contribution in [0.3, 0.4) is 0 Å². The molecule has 1 heterocycles. The normalized spacial score (nSPS) is 17.5. The van der Waals surface area contributed by atoms with Crippen LogP contribution in [0.5, 0.6) is 0 Å². The van der Waals surface area contributed by atoms with Crippen molar-refractivity contribution in [2.24, 2.45) is 0 Å². The monoisotopic (exact) mass is 288 g/mol. The summed E-state index contributed by atoms with van der Waals surface area (Å²) in [6.07, 6.45) is 4.60. The van der Waals surface area contributed by atoms with E-state index in [9.17, 15) is 9.18 Å². The summed E-state index contributed by atoms with van der Waals surface area (Å²) in [5.74, 6) is -0.991. The van der Waals surface area contributed by atoms with Gasteiger partial charge in [-0.15, -0.1) is 0 Å². The fourth-order valence-corrected chi connectivity index (χ4v) is 3.06. The predicted octanol–water partition coefficient (Wildman–Crippen LogP) is 2.97. The zero-order valence-corrected chi connectivity index (χ0v) is 11.6. The Morgan fingerprint density at radius 2 is 2.24 bits per heavy atom. The van der Waals surface area contributed by atoms with Crippen LogP contribution in [0.4, 0.5) is 4.39 Å². The molecule has 1 aliphatic rings. The van der Waals surface area contributed by atoms with Crippen LogP contribution in [0.1, 0.15) is 42.0 Å². The highest BCUT2D eigenvalue weighted by molar-refractivity contribution is 5.68. The van der Waals surface area contributed by atoms with Gasteiger partial charge in [0.25, 0.3) is 0 Å². The third kappa shape index (κ3) is 2.82. The molecule has 110 valence electrons. The van der Waals surface area contributed by atoms with Gasteiger partial charge in [-0.2, -0.15) is 5.10 Å². The molecule has 0 spiro atoms. The molecule has 4 nitrogen and oxygen atoms in total. The first kappa shape index (κ1) is 13.8. The highest BCUT2D eigenvalue weighted by Gasteiger charge is 2.26. The van der Waals surface area contributed by atoms with Gasteiger partial charge in [-0.05, 0) is 36.8 Å². The Morgan fingerprint density at radius 3 is 3.00 bits per heavy atom. The lowest BCUT2D eigenvalue weighted by Gasteiger charge is -2.21. The quantitative estimate of drug-likeness (QED) is 0.941. The average Bonchev–Trinajstić information content (AvgIpc) is 2.85. The first-order chi connectivity index (χ1) is 10.1. The van der Waals surface area contributed by atoms with Crippen molar-refractivity contribution in [1.82, 2.24) is 9.78 Å². The average molecular weight is 288 g/mol. The van der Waals surface area contributed by atoms with Crippen molar-refractivity contribution in [3.8, 4) is 0 Å². The van der Waals surface area contributed by atoms with E-state index in [0.29, 0.717) is 12.1 Å². The van der Waals surface area contributed by atoms with Crippen LogP contribution in [0.25, 0.3) is 0 Å². The molecule has 3 rings (SSSR count). The van der Waals surface area contributed by atoms with Crippen LogP contribution in [-0.2, 0) is 17.8 Å². The molecule has 1 aromatic heterocycles. The van der Waals surface area contributed by atoms with Gasteiger partial charge in [-0.25, -0.2) is 4.39 Å². The number of rotatable bonds is 4. The number of carboxylic acids is 1. The Labute approximate surface area is 122 Å². The van der Waals surface area contributed by atoms with Gasteiger partial charge in [0.05, 0.1) is 19.2 Å². The standard InChI is InChI=1S/C16H17FN2O2/c17-14-6-2-1-4-12(14)10-19-15-7-3-5-11(8-16(20)21)13(15)9-18-19/h1-2,4,6,9,11H,3,5,7-8,10H2,(H,20,21). The molecule has 1 aliphatic carbocycles. The molecular weight excluding hydrogens is 271 g/mol. The maximum absolute atomic E-state index is 13.7. The number of benzene rings is 1. The van der Waals surface area contributed by atoms with E-state index in [-0.39, 0.29) is 18.2 Å². The summed E-state index contributed by atoms with van der Waals surface area (Å²) < 4.78 is 15.6. The number of hydrogen-bond donors (Lipinski definition) is 1. The van der Waals surface area contributed by atoms with Crippen LogP contribution in [-0.4, -0.2) is 20.9 Å². The van der Waals surface area contributed by atoms with Crippen molar-refractivity contribution < 1.29 is 14.3 Å². The second-order valence-corrected chi connectivity index (χ2v) is 5.48. The molecule has 2 aromatic rings. The number of aromatic nitrogens is 2. The first-order valence-electron chi connectivity index (χ1n) is 7.15. The second kappa shape index (κ2) is 5.68. The lowest BCUT2D eigenvalue weighted by molar-refractivity contribution is -0.137. The third-order valence-corrected chi connectivity index (χ3v) is 4.09. The van der Waals surface area contributed by atoms with Crippen LogP contribution < -0.4 is 0 Å². The number of carboxylic acid groups (broad SMARTS) is 1. The number of nitrogens with zero attached hydrogens (tertiary/aromatic N) is 2. The molecular formula is C16H17FN2O2. The molecule has 0 bridgehead atoms. The smallest absolute Gasteiger partial charge is 0.303 e. The summed E-state index contributed by atoms with van der Waals surface area (Å²) >= 11 is 0. The van der Waals surface area contributed by atoms with Crippen LogP contribution in [0, 0.1) is 5.82 Å². The molecule has 1 atom stereocenters. The molecule has 0 fully saturated rings. The van der Waals surface area contributed by atoms with Gasteiger partial charge in [0.15, 0.2) is 0 Å². The van der Waals surface area contributed by atoms with Gasteiger partial charge in [0.2, 0.25) is 0 Å². The summed E-state index contributed by atoms with van der Waals surface area (Å²) in [6.45, 7) is 0.391. The van der Waals surface area contributed by atoms with Crippen molar-refractivity contribution in [2.75, 3.05) is 0 Å². The molecule has 0 saturated carbocycles. The molecule has 0 saturated heterocycles. The summed E-state index contributed by atoms with van der Waals surface area (Å²) in [5.41, 5.74) is 2.67. The Hall–Kier alpha value is -2.17. The van der Waals surface area contributed by atoms with Crippen LogP contribution in [0.2, 0.25) is 0 Å². The highest BCUT2D eigenvalue weighted by atomic mass is 19.1. The molecule has 1 unspecified atom stereocenters. The van der Waals surface area contributed by atoms with Crippen molar-refractivity contribution in [2.45, 2.75) is 38.1 Å². The van der Waals surface area contributed by atoms with Crippen molar-refractivity contribution in [1.29, 1.82) is 0 Å². The molecule has 0 aliphatic heterocycles. The zero-order chi connectivity index (χ0) is 14.8. The maximum atomic E-state index is 13.7. The zero-order valence-electron chi connectivity index (χ0n) is 11.6. The summed E-state index contributed by atoms with van der Waals surface area (Å²) in [4.78, 5) is 10.9. The summed E-state index contributed by atoms with van der Waals surface area (Å²) in [6, 6.07) is 6.67. The van der Waals surface area contributed by atoms with Gasteiger partial charge < -0.3 is 5.11 Å². The minimum atomic E-state index is -0.783. The predicted molar refractivity (Wildman–Crippen MR) is 75.7 cm³/mol. The van der Waals surface area contributed by atoms with Gasteiger partial charge in [0.1, 0.15) is 5.82 Å². The number of hydrogen-bond acceptors (Lipinski definition) is 2. The first-order valence-corrected chi connectivity index (χ1v) is 7.15. The molecule has 5 heteroatoms. The van der Waals surface area contributed by atoms with Crippen molar-refractivity contribution >= 4 is 5.97 Å². The minimum absolute atomic E-state index is 0.0284. The van der Waals surface area contributed by atoms with Crippen LogP contribution in [0.15, 0.2) is 30.5 Å². The number of halogens is 1. The van der Waals surface area contributed by atoms with Crippen molar-refractivity contribution in [3.05, 3.63) is 53.1 Å². The lowest BCUT2D eigenvalue weighted by atomic mass is 9.85. The van der Waals surface area contributed by atoms with E-state index in [4.69, 9.17) is 5.11 Å². The van der Waals surface area contributed by atoms with Gasteiger partial charge in [-0.3, -0.25) is 9.48 Å². The molecule has 0 radical (unpaired) electrons. The van der Waals surface area contributed by atoms with E-state index in [1.807, 2.05) is 10.7 Å². The Bertz CT molecular complexity index is 666. The van der Waals surface area contributed by atoms with Gasteiger partial charge in [-0.1, -0.05) is 18.2 Å². The minimum Gasteiger partial charge on any atom is -0.481 e. The fraction of sp³-hybridized carbons (Fsp3) is 0.375. The van der Waals surface area contributed by atoms with E-state index in [1.165, 1.54) is 6.07 Å². The number of carbonyl (C=O) groups is 1. The fourth-order valence-electron chi connectivity index (χ4n) is 3.06. The van der Waals surface area contributed by atoms with E-state index < -0.39 is 5.97 Å². The van der Waals surface area contributed by atoms with E-state index in [1.54, 1.807) is 18.3 Å². The summed E-state index contributed by atoms with van der Waals surface area (Å²) in [5, 5.41) is 13.3. The van der Waals surface area contributed by atoms with E-state index in [0.717, 1.165) is 30.5 Å². The topological polar surface area (TPSA) is 55.1 Å².